The van der Waals surface area contributed by atoms with Crippen molar-refractivity contribution in [1.29, 1.82) is 5.26 Å². The van der Waals surface area contributed by atoms with Crippen LogP contribution in [0.25, 0.3) is 0 Å². The van der Waals surface area contributed by atoms with Crippen LogP contribution in [0.15, 0.2) is 0 Å². The van der Waals surface area contributed by atoms with Gasteiger partial charge in [0.2, 0.25) is 0 Å². The topological polar surface area (TPSA) is 47.3 Å². The van der Waals surface area contributed by atoms with Crippen molar-refractivity contribution in [3.8, 4) is 6.07 Å². The lowest BCUT2D eigenvalue weighted by atomic mass is 10.00. The lowest BCUT2D eigenvalue weighted by Crippen LogP contribution is -2.30. The summed E-state index contributed by atoms with van der Waals surface area (Å²) in [7, 11) is 1.97. The van der Waals surface area contributed by atoms with Crippen molar-refractivity contribution in [2.24, 2.45) is 5.92 Å². The molecule has 0 aromatic rings. The van der Waals surface area contributed by atoms with Gasteiger partial charge in [-0.1, -0.05) is 25.7 Å². The van der Waals surface area contributed by atoms with Crippen molar-refractivity contribution < 1.29 is 5.11 Å². The number of hydrogen-bond donors (Lipinski definition) is 1. The van der Waals surface area contributed by atoms with Crippen LogP contribution in [0.2, 0.25) is 0 Å². The van der Waals surface area contributed by atoms with Crippen LogP contribution in [-0.2, 0) is 0 Å². The maximum Gasteiger partial charge on any atom is 0.0669 e. The summed E-state index contributed by atoms with van der Waals surface area (Å²) in [5.41, 5.74) is 0. The second-order valence-corrected chi connectivity index (χ2v) is 4.71. The van der Waals surface area contributed by atoms with Crippen molar-refractivity contribution >= 4 is 0 Å². The Morgan fingerprint density at radius 3 is 2.73 bits per heavy atom. The third-order valence-electron chi connectivity index (χ3n) is 3.21. The minimum Gasteiger partial charge on any atom is -0.392 e. The maximum atomic E-state index is 9.85. The molecule has 1 aliphatic rings. The van der Waals surface area contributed by atoms with E-state index in [0.717, 1.165) is 18.9 Å². The summed E-state index contributed by atoms with van der Waals surface area (Å²) >= 11 is 0. The first-order valence-electron chi connectivity index (χ1n) is 5.96. The van der Waals surface area contributed by atoms with Crippen molar-refractivity contribution in [3.63, 3.8) is 0 Å². The molecule has 0 saturated heterocycles. The second-order valence-electron chi connectivity index (χ2n) is 4.71. The highest BCUT2D eigenvalue weighted by Gasteiger charge is 2.19. The SMILES string of the molecule is CN(CCC#N)CC(O)CC1CCCC1. The van der Waals surface area contributed by atoms with Crippen LogP contribution in [-0.4, -0.2) is 36.2 Å². The summed E-state index contributed by atoms with van der Waals surface area (Å²) in [6.07, 6.45) is 6.53. The predicted octanol–water partition coefficient (Wildman–Crippen LogP) is 1.77. The fourth-order valence-corrected chi connectivity index (χ4v) is 2.40. The van der Waals surface area contributed by atoms with Gasteiger partial charge in [-0.3, -0.25) is 0 Å². The average Bonchev–Trinajstić information content (AvgIpc) is 2.67. The largest absolute Gasteiger partial charge is 0.392 e. The molecule has 1 N–H and O–H groups in total. The van der Waals surface area contributed by atoms with E-state index in [1.54, 1.807) is 0 Å². The minimum absolute atomic E-state index is 0.211. The highest BCUT2D eigenvalue weighted by molar-refractivity contribution is 4.75. The number of aliphatic hydroxyl groups excluding tert-OH is 1. The van der Waals surface area contributed by atoms with E-state index in [0.29, 0.717) is 13.0 Å². The Labute approximate surface area is 92.7 Å². The van der Waals surface area contributed by atoms with E-state index < -0.39 is 0 Å². The molecule has 1 saturated carbocycles. The molecule has 1 rings (SSSR count). The van der Waals surface area contributed by atoms with E-state index in [1.165, 1.54) is 25.7 Å². The number of hydrogen-bond acceptors (Lipinski definition) is 3. The summed E-state index contributed by atoms with van der Waals surface area (Å²) in [5.74, 6) is 0.740. The molecule has 0 aromatic heterocycles. The first-order chi connectivity index (χ1) is 7.22. The Kier molecular flexibility index (Phi) is 5.67. The van der Waals surface area contributed by atoms with Gasteiger partial charge in [0, 0.05) is 19.5 Å². The highest BCUT2D eigenvalue weighted by Crippen LogP contribution is 2.28. The van der Waals surface area contributed by atoms with Gasteiger partial charge in [0.25, 0.3) is 0 Å². The van der Waals surface area contributed by atoms with E-state index in [4.69, 9.17) is 5.26 Å². The minimum atomic E-state index is -0.211. The molecule has 0 amide bonds. The molecular weight excluding hydrogens is 188 g/mol. The molecule has 3 heteroatoms. The molecule has 1 fully saturated rings. The molecule has 15 heavy (non-hydrogen) atoms. The molecule has 0 radical (unpaired) electrons. The Hall–Kier alpha value is -0.590. The summed E-state index contributed by atoms with van der Waals surface area (Å²) in [6, 6.07) is 2.12. The van der Waals surface area contributed by atoms with Crippen molar-refractivity contribution in [2.75, 3.05) is 20.1 Å². The molecule has 0 spiro atoms. The van der Waals surface area contributed by atoms with E-state index >= 15 is 0 Å². The molecule has 0 aliphatic heterocycles. The lowest BCUT2D eigenvalue weighted by Gasteiger charge is -2.21. The monoisotopic (exact) mass is 210 g/mol. The van der Waals surface area contributed by atoms with Gasteiger partial charge in [0.15, 0.2) is 0 Å². The zero-order chi connectivity index (χ0) is 11.1. The van der Waals surface area contributed by atoms with Crippen LogP contribution in [0.3, 0.4) is 0 Å². The van der Waals surface area contributed by atoms with Gasteiger partial charge in [0.05, 0.1) is 12.2 Å². The van der Waals surface area contributed by atoms with Crippen LogP contribution >= 0.6 is 0 Å². The van der Waals surface area contributed by atoms with Crippen LogP contribution in [0.4, 0.5) is 0 Å². The van der Waals surface area contributed by atoms with E-state index in [2.05, 4.69) is 6.07 Å². The summed E-state index contributed by atoms with van der Waals surface area (Å²) < 4.78 is 0. The molecule has 86 valence electrons. The third kappa shape index (κ3) is 5.15. The summed E-state index contributed by atoms with van der Waals surface area (Å²) in [4.78, 5) is 2.04. The fraction of sp³-hybridized carbons (Fsp3) is 0.917. The first kappa shape index (κ1) is 12.5. The Morgan fingerprint density at radius 2 is 2.13 bits per heavy atom. The molecule has 1 unspecified atom stereocenters. The van der Waals surface area contributed by atoms with Crippen molar-refractivity contribution in [2.45, 2.75) is 44.6 Å². The van der Waals surface area contributed by atoms with Crippen molar-refractivity contribution in [1.82, 2.24) is 4.90 Å². The maximum absolute atomic E-state index is 9.85. The predicted molar refractivity (Wildman–Crippen MR) is 60.3 cm³/mol. The molecular formula is C12H22N2O. The van der Waals surface area contributed by atoms with Gasteiger partial charge in [0.1, 0.15) is 0 Å². The zero-order valence-corrected chi connectivity index (χ0v) is 9.65. The smallest absolute Gasteiger partial charge is 0.0669 e. The zero-order valence-electron chi connectivity index (χ0n) is 9.65. The van der Waals surface area contributed by atoms with E-state index in [-0.39, 0.29) is 6.10 Å². The van der Waals surface area contributed by atoms with Gasteiger partial charge in [-0.05, 0) is 19.4 Å². The normalized spacial score (nSPS) is 19.3. The third-order valence-corrected chi connectivity index (χ3v) is 3.21. The fourth-order valence-electron chi connectivity index (χ4n) is 2.40. The summed E-state index contributed by atoms with van der Waals surface area (Å²) in [6.45, 7) is 1.47. The molecule has 1 atom stereocenters. The standard InChI is InChI=1S/C12H22N2O/c1-14(8-4-7-13)10-12(15)9-11-5-2-3-6-11/h11-12,15H,2-6,8-10H2,1H3. The van der Waals surface area contributed by atoms with E-state index in [9.17, 15) is 5.11 Å². The highest BCUT2D eigenvalue weighted by atomic mass is 16.3. The Balaban J connectivity index is 2.11. The van der Waals surface area contributed by atoms with E-state index in [1.807, 2.05) is 11.9 Å². The number of nitriles is 1. The van der Waals surface area contributed by atoms with Crippen molar-refractivity contribution in [3.05, 3.63) is 0 Å². The quantitative estimate of drug-likeness (QED) is 0.727. The summed E-state index contributed by atoms with van der Waals surface area (Å²) in [5, 5.41) is 18.3. The Morgan fingerprint density at radius 1 is 1.47 bits per heavy atom. The van der Waals surface area contributed by atoms with Gasteiger partial charge < -0.3 is 10.0 Å². The molecule has 0 heterocycles. The van der Waals surface area contributed by atoms with Crippen LogP contribution in [0, 0.1) is 17.2 Å². The van der Waals surface area contributed by atoms with Gasteiger partial charge in [-0.15, -0.1) is 0 Å². The van der Waals surface area contributed by atoms with Gasteiger partial charge >= 0.3 is 0 Å². The Bertz CT molecular complexity index is 206. The molecule has 0 aromatic carbocycles. The van der Waals surface area contributed by atoms with Gasteiger partial charge in [-0.2, -0.15) is 5.26 Å². The molecule has 3 nitrogen and oxygen atoms in total. The molecule has 0 bridgehead atoms. The molecule has 1 aliphatic carbocycles. The van der Waals surface area contributed by atoms with Crippen LogP contribution in [0.5, 0.6) is 0 Å². The van der Waals surface area contributed by atoms with Crippen LogP contribution in [0.1, 0.15) is 38.5 Å². The lowest BCUT2D eigenvalue weighted by molar-refractivity contribution is 0.103. The first-order valence-corrected chi connectivity index (χ1v) is 5.96. The number of rotatable bonds is 6. The number of likely N-dealkylation sites (N-methyl/N-ethyl adjacent to an activating group) is 1. The number of nitrogens with zero attached hydrogens (tertiary/aromatic N) is 2. The average molecular weight is 210 g/mol. The second kappa shape index (κ2) is 6.81. The van der Waals surface area contributed by atoms with Crippen LogP contribution < -0.4 is 0 Å². The number of aliphatic hydroxyl groups is 1. The van der Waals surface area contributed by atoms with Gasteiger partial charge in [-0.25, -0.2) is 0 Å².